The molecular weight excluding hydrogens is 354 g/mol. The predicted molar refractivity (Wildman–Crippen MR) is 93.4 cm³/mol. The lowest BCUT2D eigenvalue weighted by atomic mass is 10.1. The number of imidazole rings is 1. The SMILES string of the molecule is N#CC(=Cc1c[nH]c2ccccc12)c1nc2ncc(Br)cc2[nH]1. The van der Waals surface area contributed by atoms with Gasteiger partial charge in [-0.2, -0.15) is 5.26 Å². The van der Waals surface area contributed by atoms with Crippen molar-refractivity contribution >= 4 is 49.6 Å². The van der Waals surface area contributed by atoms with E-state index in [0.717, 1.165) is 26.5 Å². The van der Waals surface area contributed by atoms with Crippen molar-refractivity contribution in [2.75, 3.05) is 0 Å². The van der Waals surface area contributed by atoms with Gasteiger partial charge in [0.2, 0.25) is 0 Å². The lowest BCUT2D eigenvalue weighted by molar-refractivity contribution is 1.25. The molecule has 1 aromatic carbocycles. The fourth-order valence-electron chi connectivity index (χ4n) is 2.52. The summed E-state index contributed by atoms with van der Waals surface area (Å²) >= 11 is 3.38. The molecule has 0 aliphatic carbocycles. The minimum absolute atomic E-state index is 0.462. The quantitative estimate of drug-likeness (QED) is 0.522. The van der Waals surface area contributed by atoms with Gasteiger partial charge in [-0.3, -0.25) is 0 Å². The molecule has 4 rings (SSSR count). The van der Waals surface area contributed by atoms with Gasteiger partial charge in [0.05, 0.1) is 11.1 Å². The van der Waals surface area contributed by atoms with Crippen LogP contribution in [0.2, 0.25) is 0 Å². The number of nitriles is 1. The highest BCUT2D eigenvalue weighted by Crippen LogP contribution is 2.24. The summed E-state index contributed by atoms with van der Waals surface area (Å²) in [6.45, 7) is 0. The van der Waals surface area contributed by atoms with Gasteiger partial charge < -0.3 is 9.97 Å². The first kappa shape index (κ1) is 13.7. The van der Waals surface area contributed by atoms with E-state index in [-0.39, 0.29) is 0 Å². The molecule has 2 N–H and O–H groups in total. The van der Waals surface area contributed by atoms with E-state index >= 15 is 0 Å². The Balaban J connectivity index is 1.85. The molecule has 0 spiro atoms. The maximum absolute atomic E-state index is 9.51. The van der Waals surface area contributed by atoms with E-state index in [1.807, 2.05) is 42.6 Å². The number of allylic oxidation sites excluding steroid dienone is 1. The molecule has 4 aromatic rings. The Kier molecular flexibility index (Phi) is 3.21. The Hall–Kier alpha value is -2.91. The van der Waals surface area contributed by atoms with Crippen molar-refractivity contribution in [1.82, 2.24) is 19.9 Å². The van der Waals surface area contributed by atoms with Crippen LogP contribution in [0.25, 0.3) is 33.7 Å². The summed E-state index contributed by atoms with van der Waals surface area (Å²) in [6.07, 6.45) is 5.40. The highest BCUT2D eigenvalue weighted by atomic mass is 79.9. The van der Waals surface area contributed by atoms with E-state index in [0.29, 0.717) is 17.0 Å². The van der Waals surface area contributed by atoms with Crippen LogP contribution in [0, 0.1) is 11.3 Å². The van der Waals surface area contributed by atoms with Crippen molar-refractivity contribution in [3.63, 3.8) is 0 Å². The molecule has 0 atom stereocenters. The first-order valence-corrected chi connectivity index (χ1v) is 7.73. The lowest BCUT2D eigenvalue weighted by Crippen LogP contribution is -1.84. The van der Waals surface area contributed by atoms with Gasteiger partial charge in [-0.15, -0.1) is 0 Å². The van der Waals surface area contributed by atoms with E-state index in [4.69, 9.17) is 0 Å². The van der Waals surface area contributed by atoms with Crippen molar-refractivity contribution in [2.24, 2.45) is 0 Å². The molecule has 0 radical (unpaired) electrons. The minimum atomic E-state index is 0.462. The predicted octanol–water partition coefficient (Wildman–Crippen LogP) is 4.27. The zero-order valence-corrected chi connectivity index (χ0v) is 13.4. The highest BCUT2D eigenvalue weighted by molar-refractivity contribution is 9.10. The molecule has 0 unspecified atom stereocenters. The number of hydrogen-bond acceptors (Lipinski definition) is 3. The zero-order chi connectivity index (χ0) is 15.8. The molecular formula is C17H10BrN5. The van der Waals surface area contributed by atoms with Crippen molar-refractivity contribution in [3.05, 3.63) is 58.6 Å². The first-order chi connectivity index (χ1) is 11.2. The molecule has 5 nitrogen and oxygen atoms in total. The van der Waals surface area contributed by atoms with Crippen LogP contribution in [0.5, 0.6) is 0 Å². The number of aromatic amines is 2. The van der Waals surface area contributed by atoms with Gasteiger partial charge in [-0.1, -0.05) is 18.2 Å². The van der Waals surface area contributed by atoms with Gasteiger partial charge in [-0.05, 0) is 34.1 Å². The van der Waals surface area contributed by atoms with Gasteiger partial charge in [0.1, 0.15) is 6.07 Å². The number of fused-ring (bicyclic) bond motifs is 2. The van der Waals surface area contributed by atoms with E-state index < -0.39 is 0 Å². The third-order valence-electron chi connectivity index (χ3n) is 3.60. The first-order valence-electron chi connectivity index (χ1n) is 6.94. The van der Waals surface area contributed by atoms with Gasteiger partial charge in [0.15, 0.2) is 11.5 Å². The summed E-state index contributed by atoms with van der Waals surface area (Å²) in [6, 6.07) is 12.1. The summed E-state index contributed by atoms with van der Waals surface area (Å²) in [7, 11) is 0. The molecule has 0 amide bonds. The molecule has 0 aliphatic rings. The van der Waals surface area contributed by atoms with Crippen LogP contribution in [0.1, 0.15) is 11.4 Å². The van der Waals surface area contributed by atoms with Crippen LogP contribution in [-0.4, -0.2) is 19.9 Å². The Bertz CT molecular complexity index is 1100. The third kappa shape index (κ3) is 2.41. The van der Waals surface area contributed by atoms with Gasteiger partial charge in [0, 0.05) is 33.3 Å². The fourth-order valence-corrected chi connectivity index (χ4v) is 2.86. The van der Waals surface area contributed by atoms with E-state index in [9.17, 15) is 5.26 Å². The summed E-state index contributed by atoms with van der Waals surface area (Å²) in [5, 5.41) is 10.6. The summed E-state index contributed by atoms with van der Waals surface area (Å²) < 4.78 is 0.860. The molecule has 110 valence electrons. The van der Waals surface area contributed by atoms with Crippen molar-refractivity contribution < 1.29 is 0 Å². The minimum Gasteiger partial charge on any atom is -0.361 e. The van der Waals surface area contributed by atoms with Crippen molar-refractivity contribution in [2.45, 2.75) is 0 Å². The highest BCUT2D eigenvalue weighted by Gasteiger charge is 2.10. The van der Waals surface area contributed by atoms with Crippen molar-refractivity contribution in [1.29, 1.82) is 5.26 Å². The molecule has 23 heavy (non-hydrogen) atoms. The standard InChI is InChI=1S/C17H10BrN5/c18-12-6-15-17(21-9-12)23-16(22-15)10(7-19)5-11-8-20-14-4-2-1-3-13(11)14/h1-6,8-9,20H,(H,21,22,23). The van der Waals surface area contributed by atoms with Crippen LogP contribution >= 0.6 is 15.9 Å². The number of nitrogens with zero attached hydrogens (tertiary/aromatic N) is 3. The van der Waals surface area contributed by atoms with Crippen LogP contribution in [-0.2, 0) is 0 Å². The molecule has 0 saturated carbocycles. The van der Waals surface area contributed by atoms with Crippen LogP contribution < -0.4 is 0 Å². The number of aromatic nitrogens is 4. The Morgan fingerprint density at radius 2 is 2.13 bits per heavy atom. The van der Waals surface area contributed by atoms with E-state index in [1.54, 1.807) is 6.20 Å². The van der Waals surface area contributed by atoms with Gasteiger partial charge in [-0.25, -0.2) is 9.97 Å². The molecule has 6 heteroatoms. The number of nitrogens with one attached hydrogen (secondary N) is 2. The normalized spacial score (nSPS) is 11.9. The molecule has 0 aliphatic heterocycles. The summed E-state index contributed by atoms with van der Waals surface area (Å²) in [5.41, 5.74) is 3.82. The second-order valence-electron chi connectivity index (χ2n) is 5.07. The average Bonchev–Trinajstić information content (AvgIpc) is 3.16. The monoisotopic (exact) mass is 363 g/mol. The Labute approximate surface area is 139 Å². The molecule has 3 heterocycles. The number of hydrogen-bond donors (Lipinski definition) is 2. The van der Waals surface area contributed by atoms with Crippen LogP contribution in [0.15, 0.2) is 47.2 Å². The number of para-hydroxylation sites is 1. The average molecular weight is 364 g/mol. The zero-order valence-electron chi connectivity index (χ0n) is 11.8. The molecule has 0 fully saturated rings. The number of H-pyrrole nitrogens is 2. The number of rotatable bonds is 2. The van der Waals surface area contributed by atoms with Crippen LogP contribution in [0.3, 0.4) is 0 Å². The molecule has 0 bridgehead atoms. The maximum Gasteiger partial charge on any atom is 0.178 e. The second kappa shape index (κ2) is 5.38. The number of benzene rings is 1. The van der Waals surface area contributed by atoms with E-state index in [2.05, 4.69) is 41.9 Å². The molecule has 3 aromatic heterocycles. The lowest BCUT2D eigenvalue weighted by Gasteiger charge is -1.94. The Morgan fingerprint density at radius 3 is 3.00 bits per heavy atom. The topological polar surface area (TPSA) is 81.2 Å². The molecule has 0 saturated heterocycles. The van der Waals surface area contributed by atoms with Crippen molar-refractivity contribution in [3.8, 4) is 6.07 Å². The number of halogens is 1. The van der Waals surface area contributed by atoms with Gasteiger partial charge >= 0.3 is 0 Å². The van der Waals surface area contributed by atoms with Gasteiger partial charge in [0.25, 0.3) is 0 Å². The Morgan fingerprint density at radius 1 is 1.26 bits per heavy atom. The maximum atomic E-state index is 9.51. The largest absolute Gasteiger partial charge is 0.361 e. The fraction of sp³-hybridized carbons (Fsp3) is 0. The number of pyridine rings is 1. The summed E-state index contributed by atoms with van der Waals surface area (Å²) in [4.78, 5) is 15.0. The third-order valence-corrected chi connectivity index (χ3v) is 4.03. The van der Waals surface area contributed by atoms with E-state index in [1.165, 1.54) is 0 Å². The summed E-state index contributed by atoms with van der Waals surface area (Å²) in [5.74, 6) is 0.512. The van der Waals surface area contributed by atoms with Crippen LogP contribution in [0.4, 0.5) is 0 Å². The second-order valence-corrected chi connectivity index (χ2v) is 5.99. The smallest absolute Gasteiger partial charge is 0.178 e.